The molecule has 1 aromatic carbocycles. The number of piperidine rings is 2. The predicted octanol–water partition coefficient (Wildman–Crippen LogP) is 1.98. The molecule has 2 aliphatic rings. The van der Waals surface area contributed by atoms with Gasteiger partial charge in [0.25, 0.3) is 5.91 Å². The number of aromatic nitrogens is 2. The van der Waals surface area contributed by atoms with E-state index in [1.54, 1.807) is 19.5 Å². The van der Waals surface area contributed by atoms with E-state index in [1.807, 2.05) is 35.2 Å². The number of rotatable bonds is 3. The maximum absolute atomic E-state index is 12.9. The van der Waals surface area contributed by atoms with E-state index < -0.39 is 6.10 Å². The number of aliphatic hydroxyl groups is 1. The fraction of sp³-hybridized carbons (Fsp3) is 0.476. The molecule has 7 heteroatoms. The molecule has 0 unspecified atom stereocenters. The van der Waals surface area contributed by atoms with Crippen molar-refractivity contribution in [2.45, 2.75) is 25.4 Å². The van der Waals surface area contributed by atoms with Crippen LogP contribution in [0.5, 0.6) is 5.75 Å². The number of carbonyl (C=O) groups excluding carboxylic acids is 1. The zero-order valence-electron chi connectivity index (χ0n) is 16.1. The van der Waals surface area contributed by atoms with Crippen molar-refractivity contribution >= 4 is 11.9 Å². The normalized spacial score (nSPS) is 25.0. The van der Waals surface area contributed by atoms with E-state index in [-0.39, 0.29) is 11.3 Å². The summed E-state index contributed by atoms with van der Waals surface area (Å²) in [6.45, 7) is 2.61. The molecule has 28 heavy (non-hydrogen) atoms. The zero-order valence-corrected chi connectivity index (χ0v) is 16.1. The van der Waals surface area contributed by atoms with Crippen LogP contribution in [0.1, 0.15) is 29.6 Å². The Morgan fingerprint density at radius 3 is 2.64 bits per heavy atom. The first kappa shape index (κ1) is 18.7. The van der Waals surface area contributed by atoms with Crippen molar-refractivity contribution in [3.05, 3.63) is 48.3 Å². The number of carbonyl (C=O) groups is 1. The van der Waals surface area contributed by atoms with Crippen LogP contribution in [0.4, 0.5) is 5.95 Å². The molecule has 1 spiro atoms. The van der Waals surface area contributed by atoms with Crippen LogP contribution in [0.3, 0.4) is 0 Å². The van der Waals surface area contributed by atoms with Crippen molar-refractivity contribution in [1.82, 2.24) is 14.9 Å². The molecule has 1 amide bonds. The summed E-state index contributed by atoms with van der Waals surface area (Å²) in [7, 11) is 1.59. The molecule has 2 aromatic rings. The molecule has 2 aliphatic heterocycles. The van der Waals surface area contributed by atoms with Crippen LogP contribution in [-0.4, -0.2) is 65.3 Å². The Labute approximate surface area is 165 Å². The topological polar surface area (TPSA) is 78.8 Å². The molecular weight excluding hydrogens is 356 g/mol. The van der Waals surface area contributed by atoms with E-state index in [0.29, 0.717) is 43.3 Å². The van der Waals surface area contributed by atoms with Crippen LogP contribution < -0.4 is 9.64 Å². The number of anilines is 1. The van der Waals surface area contributed by atoms with Gasteiger partial charge in [0.1, 0.15) is 0 Å². The summed E-state index contributed by atoms with van der Waals surface area (Å²) >= 11 is 0. The molecule has 2 atom stereocenters. The second kappa shape index (κ2) is 7.75. The Hall–Kier alpha value is -2.67. The molecule has 0 radical (unpaired) electrons. The van der Waals surface area contributed by atoms with Gasteiger partial charge in [-0.05, 0) is 31.4 Å². The van der Waals surface area contributed by atoms with Crippen LogP contribution >= 0.6 is 0 Å². The van der Waals surface area contributed by atoms with Gasteiger partial charge in [-0.2, -0.15) is 0 Å². The summed E-state index contributed by atoms with van der Waals surface area (Å²) in [5, 5.41) is 10.9. The highest BCUT2D eigenvalue weighted by Gasteiger charge is 2.47. The van der Waals surface area contributed by atoms with E-state index in [9.17, 15) is 9.90 Å². The highest BCUT2D eigenvalue weighted by molar-refractivity contribution is 5.94. The van der Waals surface area contributed by atoms with Gasteiger partial charge < -0.3 is 19.6 Å². The van der Waals surface area contributed by atoms with Gasteiger partial charge in [-0.25, -0.2) is 9.97 Å². The molecule has 7 nitrogen and oxygen atoms in total. The minimum absolute atomic E-state index is 0.0321. The SMILES string of the molecule is COc1cnc(N2CC[C@@H](O)[C@]3(CCCN(C(=O)c4ccccc4)C3)C2)nc1. The fourth-order valence-electron chi connectivity index (χ4n) is 4.40. The number of benzene rings is 1. The lowest BCUT2D eigenvalue weighted by Gasteiger charge is -2.51. The molecule has 148 valence electrons. The Balaban J connectivity index is 1.53. The maximum atomic E-state index is 12.9. The van der Waals surface area contributed by atoms with Crippen LogP contribution in [-0.2, 0) is 0 Å². The standard InChI is InChI=1S/C21H26N4O3/c1-28-17-12-22-20(23-13-17)25-11-8-18(26)21(15-25)9-5-10-24(14-21)19(27)16-6-3-2-4-7-16/h2-4,6-7,12-13,18,26H,5,8-11,14-15H2,1H3/t18-,21+/m1/s1. The van der Waals surface area contributed by atoms with Gasteiger partial charge in [0.15, 0.2) is 5.75 Å². The number of hydrogen-bond acceptors (Lipinski definition) is 6. The number of likely N-dealkylation sites (tertiary alicyclic amines) is 1. The smallest absolute Gasteiger partial charge is 0.253 e. The lowest BCUT2D eigenvalue weighted by Crippen LogP contribution is -2.60. The highest BCUT2D eigenvalue weighted by Crippen LogP contribution is 2.40. The molecule has 4 rings (SSSR count). The van der Waals surface area contributed by atoms with E-state index in [2.05, 4.69) is 14.9 Å². The molecule has 1 N–H and O–H groups in total. The maximum Gasteiger partial charge on any atom is 0.253 e. The number of ether oxygens (including phenoxy) is 1. The Morgan fingerprint density at radius 1 is 1.18 bits per heavy atom. The van der Waals surface area contributed by atoms with E-state index in [1.165, 1.54) is 0 Å². The number of aliphatic hydroxyl groups excluding tert-OH is 1. The first-order chi connectivity index (χ1) is 13.6. The van der Waals surface area contributed by atoms with Gasteiger partial charge in [0.05, 0.1) is 25.6 Å². The quantitative estimate of drug-likeness (QED) is 0.875. The monoisotopic (exact) mass is 382 g/mol. The average molecular weight is 382 g/mol. The number of nitrogens with zero attached hydrogens (tertiary/aromatic N) is 4. The average Bonchev–Trinajstić information content (AvgIpc) is 2.76. The van der Waals surface area contributed by atoms with Crippen molar-refractivity contribution in [1.29, 1.82) is 0 Å². The number of methoxy groups -OCH3 is 1. The van der Waals surface area contributed by atoms with Crippen molar-refractivity contribution < 1.29 is 14.6 Å². The third-order valence-corrected chi connectivity index (χ3v) is 5.93. The molecule has 2 fully saturated rings. The van der Waals surface area contributed by atoms with Gasteiger partial charge in [-0.15, -0.1) is 0 Å². The lowest BCUT2D eigenvalue weighted by atomic mass is 9.71. The molecule has 1 aromatic heterocycles. The van der Waals surface area contributed by atoms with Gasteiger partial charge in [-0.3, -0.25) is 4.79 Å². The largest absolute Gasteiger partial charge is 0.494 e. The van der Waals surface area contributed by atoms with E-state index in [4.69, 9.17) is 4.74 Å². The Kier molecular flexibility index (Phi) is 5.17. The number of amides is 1. The van der Waals surface area contributed by atoms with Crippen molar-refractivity contribution in [2.75, 3.05) is 38.2 Å². The van der Waals surface area contributed by atoms with E-state index in [0.717, 1.165) is 19.4 Å². The summed E-state index contributed by atoms with van der Waals surface area (Å²) < 4.78 is 5.14. The summed E-state index contributed by atoms with van der Waals surface area (Å²) in [4.78, 5) is 25.8. The van der Waals surface area contributed by atoms with Gasteiger partial charge in [0.2, 0.25) is 5.95 Å². The lowest BCUT2D eigenvalue weighted by molar-refractivity contribution is -0.0363. The highest BCUT2D eigenvalue weighted by atomic mass is 16.5. The first-order valence-corrected chi connectivity index (χ1v) is 9.75. The molecule has 0 saturated carbocycles. The Bertz CT molecular complexity index is 814. The van der Waals surface area contributed by atoms with Gasteiger partial charge >= 0.3 is 0 Å². The van der Waals surface area contributed by atoms with Crippen LogP contribution in [0.2, 0.25) is 0 Å². The molecular formula is C21H26N4O3. The second-order valence-electron chi connectivity index (χ2n) is 7.71. The molecule has 0 bridgehead atoms. The summed E-state index contributed by atoms with van der Waals surface area (Å²) in [6.07, 6.45) is 5.29. The predicted molar refractivity (Wildman–Crippen MR) is 105 cm³/mol. The molecule has 0 aliphatic carbocycles. The van der Waals surface area contributed by atoms with Crippen molar-refractivity contribution in [2.24, 2.45) is 5.41 Å². The van der Waals surface area contributed by atoms with Gasteiger partial charge in [-0.1, -0.05) is 18.2 Å². The van der Waals surface area contributed by atoms with Crippen LogP contribution in [0, 0.1) is 5.41 Å². The second-order valence-corrected chi connectivity index (χ2v) is 7.71. The van der Waals surface area contributed by atoms with Gasteiger partial charge in [0, 0.05) is 37.2 Å². The fourth-order valence-corrected chi connectivity index (χ4v) is 4.40. The number of hydrogen-bond donors (Lipinski definition) is 1. The molecule has 3 heterocycles. The van der Waals surface area contributed by atoms with Crippen molar-refractivity contribution in [3.8, 4) is 5.75 Å². The summed E-state index contributed by atoms with van der Waals surface area (Å²) in [5.74, 6) is 1.29. The third-order valence-electron chi connectivity index (χ3n) is 5.93. The third kappa shape index (κ3) is 3.54. The minimum atomic E-state index is -0.437. The van der Waals surface area contributed by atoms with Crippen LogP contribution in [0.15, 0.2) is 42.7 Å². The van der Waals surface area contributed by atoms with Crippen LogP contribution in [0.25, 0.3) is 0 Å². The Morgan fingerprint density at radius 2 is 1.93 bits per heavy atom. The molecule has 2 saturated heterocycles. The first-order valence-electron chi connectivity index (χ1n) is 9.75. The summed E-state index contributed by atoms with van der Waals surface area (Å²) in [5.41, 5.74) is 0.338. The van der Waals surface area contributed by atoms with Crippen molar-refractivity contribution in [3.63, 3.8) is 0 Å². The zero-order chi connectivity index (χ0) is 19.6. The minimum Gasteiger partial charge on any atom is -0.494 e. The van der Waals surface area contributed by atoms with E-state index >= 15 is 0 Å². The summed E-state index contributed by atoms with van der Waals surface area (Å²) in [6, 6.07) is 9.36.